The van der Waals surface area contributed by atoms with E-state index in [4.69, 9.17) is 0 Å². The van der Waals surface area contributed by atoms with Gasteiger partial charge in [0.1, 0.15) is 5.75 Å². The Bertz CT molecular complexity index is 543. The minimum absolute atomic E-state index is 0.366. The number of benzene rings is 2. The molecule has 19 heavy (non-hydrogen) atoms. The molecule has 2 rings (SSSR count). The zero-order chi connectivity index (χ0) is 13.7. The SMILES string of the molecule is CCCCCc1ccc(C)cc1-c1ccccc1O. The predicted molar refractivity (Wildman–Crippen MR) is 81.5 cm³/mol. The average Bonchev–Trinajstić information content (AvgIpc) is 2.41. The summed E-state index contributed by atoms with van der Waals surface area (Å²) in [5, 5.41) is 10.1. The third kappa shape index (κ3) is 3.37. The lowest BCUT2D eigenvalue weighted by atomic mass is 9.94. The number of aryl methyl sites for hydroxylation is 2. The van der Waals surface area contributed by atoms with E-state index in [0.717, 1.165) is 12.0 Å². The summed E-state index contributed by atoms with van der Waals surface area (Å²) in [6.45, 7) is 4.32. The van der Waals surface area contributed by atoms with Crippen molar-refractivity contribution in [2.45, 2.75) is 39.5 Å². The first-order valence-corrected chi connectivity index (χ1v) is 7.10. The fourth-order valence-electron chi connectivity index (χ4n) is 2.43. The van der Waals surface area contributed by atoms with Crippen molar-refractivity contribution in [3.05, 3.63) is 53.6 Å². The van der Waals surface area contributed by atoms with Crippen LogP contribution >= 0.6 is 0 Å². The lowest BCUT2D eigenvalue weighted by Gasteiger charge is -2.12. The molecule has 0 spiro atoms. The molecular weight excluding hydrogens is 232 g/mol. The van der Waals surface area contributed by atoms with Gasteiger partial charge in [-0.2, -0.15) is 0 Å². The van der Waals surface area contributed by atoms with Crippen LogP contribution in [0.1, 0.15) is 37.3 Å². The molecule has 0 unspecified atom stereocenters. The highest BCUT2D eigenvalue weighted by atomic mass is 16.3. The maximum absolute atomic E-state index is 10.1. The molecule has 0 heterocycles. The van der Waals surface area contributed by atoms with Gasteiger partial charge in [-0.1, -0.05) is 61.7 Å². The van der Waals surface area contributed by atoms with E-state index in [1.807, 2.05) is 18.2 Å². The Labute approximate surface area is 115 Å². The summed E-state index contributed by atoms with van der Waals surface area (Å²) < 4.78 is 0. The second kappa shape index (κ2) is 6.42. The smallest absolute Gasteiger partial charge is 0.123 e. The lowest BCUT2D eigenvalue weighted by Crippen LogP contribution is -1.92. The maximum Gasteiger partial charge on any atom is 0.123 e. The molecule has 1 heteroatoms. The molecule has 0 bridgehead atoms. The van der Waals surface area contributed by atoms with Gasteiger partial charge in [0.15, 0.2) is 0 Å². The molecular formula is C18H22O. The number of hydrogen-bond donors (Lipinski definition) is 1. The number of para-hydroxylation sites is 1. The second-order valence-electron chi connectivity index (χ2n) is 5.13. The van der Waals surface area contributed by atoms with Gasteiger partial charge >= 0.3 is 0 Å². The van der Waals surface area contributed by atoms with Crippen LogP contribution in [0.4, 0.5) is 0 Å². The Kier molecular flexibility index (Phi) is 4.62. The van der Waals surface area contributed by atoms with E-state index in [0.29, 0.717) is 5.75 Å². The topological polar surface area (TPSA) is 20.2 Å². The summed E-state index contributed by atoms with van der Waals surface area (Å²) in [7, 11) is 0. The first-order valence-electron chi connectivity index (χ1n) is 7.10. The van der Waals surface area contributed by atoms with Crippen LogP contribution in [0.15, 0.2) is 42.5 Å². The maximum atomic E-state index is 10.1. The van der Waals surface area contributed by atoms with Crippen molar-refractivity contribution >= 4 is 0 Å². The van der Waals surface area contributed by atoms with Crippen LogP contribution in [0.2, 0.25) is 0 Å². The molecule has 0 radical (unpaired) electrons. The van der Waals surface area contributed by atoms with Crippen LogP contribution in [0.5, 0.6) is 5.75 Å². The highest BCUT2D eigenvalue weighted by Gasteiger charge is 2.09. The summed E-state index contributed by atoms with van der Waals surface area (Å²) in [6.07, 6.45) is 4.78. The molecule has 0 aromatic heterocycles. The van der Waals surface area contributed by atoms with Crippen molar-refractivity contribution in [3.8, 4) is 16.9 Å². The first kappa shape index (κ1) is 13.7. The Hall–Kier alpha value is -1.76. The fourth-order valence-corrected chi connectivity index (χ4v) is 2.43. The Balaban J connectivity index is 2.37. The molecule has 0 aliphatic heterocycles. The van der Waals surface area contributed by atoms with Crippen LogP contribution in [0.3, 0.4) is 0 Å². The van der Waals surface area contributed by atoms with Gasteiger partial charge in [0, 0.05) is 5.56 Å². The van der Waals surface area contributed by atoms with E-state index in [2.05, 4.69) is 32.0 Å². The number of unbranched alkanes of at least 4 members (excludes halogenated alkanes) is 2. The largest absolute Gasteiger partial charge is 0.507 e. The Morgan fingerprint density at radius 3 is 2.47 bits per heavy atom. The van der Waals surface area contributed by atoms with Gasteiger partial charge in [-0.15, -0.1) is 0 Å². The van der Waals surface area contributed by atoms with E-state index in [1.165, 1.54) is 36.0 Å². The molecule has 0 saturated heterocycles. The third-order valence-electron chi connectivity index (χ3n) is 3.51. The molecule has 100 valence electrons. The summed E-state index contributed by atoms with van der Waals surface area (Å²) >= 11 is 0. The van der Waals surface area contributed by atoms with Gasteiger partial charge in [0.05, 0.1) is 0 Å². The van der Waals surface area contributed by atoms with Crippen molar-refractivity contribution in [1.29, 1.82) is 0 Å². The molecule has 0 amide bonds. The zero-order valence-electron chi connectivity index (χ0n) is 11.8. The van der Waals surface area contributed by atoms with Crippen molar-refractivity contribution in [2.75, 3.05) is 0 Å². The molecule has 0 fully saturated rings. The van der Waals surface area contributed by atoms with E-state index < -0.39 is 0 Å². The quantitative estimate of drug-likeness (QED) is 0.736. The van der Waals surface area contributed by atoms with Gasteiger partial charge in [-0.25, -0.2) is 0 Å². The molecule has 0 atom stereocenters. The summed E-state index contributed by atoms with van der Waals surface area (Å²) in [4.78, 5) is 0. The van der Waals surface area contributed by atoms with E-state index >= 15 is 0 Å². The minimum atomic E-state index is 0.366. The fraction of sp³-hybridized carbons (Fsp3) is 0.333. The summed E-state index contributed by atoms with van der Waals surface area (Å²) in [6, 6.07) is 14.1. The van der Waals surface area contributed by atoms with Gasteiger partial charge in [0.25, 0.3) is 0 Å². The van der Waals surface area contributed by atoms with Gasteiger partial charge in [-0.05, 0) is 37.0 Å². The Morgan fingerprint density at radius 2 is 1.74 bits per heavy atom. The van der Waals surface area contributed by atoms with E-state index in [9.17, 15) is 5.11 Å². The number of phenols is 1. The normalized spacial score (nSPS) is 10.6. The number of phenolic OH excluding ortho intramolecular Hbond substituents is 1. The molecule has 2 aromatic rings. The lowest BCUT2D eigenvalue weighted by molar-refractivity contribution is 0.477. The van der Waals surface area contributed by atoms with E-state index in [1.54, 1.807) is 6.07 Å². The van der Waals surface area contributed by atoms with Gasteiger partial charge < -0.3 is 5.11 Å². The Morgan fingerprint density at radius 1 is 0.947 bits per heavy atom. The molecule has 1 nitrogen and oxygen atoms in total. The highest BCUT2D eigenvalue weighted by Crippen LogP contribution is 2.32. The number of rotatable bonds is 5. The second-order valence-corrected chi connectivity index (χ2v) is 5.13. The molecule has 0 aliphatic carbocycles. The molecule has 0 saturated carbocycles. The molecule has 1 N–H and O–H groups in total. The molecule has 0 aliphatic rings. The van der Waals surface area contributed by atoms with Crippen molar-refractivity contribution in [3.63, 3.8) is 0 Å². The van der Waals surface area contributed by atoms with Crippen LogP contribution in [-0.4, -0.2) is 5.11 Å². The molecule has 2 aromatic carbocycles. The van der Waals surface area contributed by atoms with Crippen LogP contribution in [0, 0.1) is 6.92 Å². The highest BCUT2D eigenvalue weighted by molar-refractivity contribution is 5.73. The van der Waals surface area contributed by atoms with Crippen LogP contribution < -0.4 is 0 Å². The van der Waals surface area contributed by atoms with Gasteiger partial charge in [0.2, 0.25) is 0 Å². The van der Waals surface area contributed by atoms with Gasteiger partial charge in [-0.3, -0.25) is 0 Å². The zero-order valence-corrected chi connectivity index (χ0v) is 11.8. The third-order valence-corrected chi connectivity index (χ3v) is 3.51. The van der Waals surface area contributed by atoms with Crippen molar-refractivity contribution in [1.82, 2.24) is 0 Å². The minimum Gasteiger partial charge on any atom is -0.507 e. The summed E-state index contributed by atoms with van der Waals surface area (Å²) in [5.74, 6) is 0.366. The predicted octanol–water partition coefficient (Wildman–Crippen LogP) is 5.10. The number of aromatic hydroxyl groups is 1. The van der Waals surface area contributed by atoms with Crippen molar-refractivity contribution in [2.24, 2.45) is 0 Å². The average molecular weight is 254 g/mol. The number of hydrogen-bond acceptors (Lipinski definition) is 1. The summed E-state index contributed by atoms with van der Waals surface area (Å²) in [5.41, 5.74) is 4.69. The van der Waals surface area contributed by atoms with Crippen LogP contribution in [0.25, 0.3) is 11.1 Å². The van der Waals surface area contributed by atoms with Crippen molar-refractivity contribution < 1.29 is 5.11 Å². The van der Waals surface area contributed by atoms with Crippen LogP contribution in [-0.2, 0) is 6.42 Å². The first-order chi connectivity index (χ1) is 9.22. The van der Waals surface area contributed by atoms with E-state index in [-0.39, 0.29) is 0 Å². The monoisotopic (exact) mass is 254 g/mol. The standard InChI is InChI=1S/C18H22O/c1-3-4-5-8-15-12-11-14(2)13-17(15)16-9-6-7-10-18(16)19/h6-7,9-13,19H,3-5,8H2,1-2H3.